The summed E-state index contributed by atoms with van der Waals surface area (Å²) < 4.78 is 51.7. The number of hydrogen-bond acceptors (Lipinski definition) is 7. The summed E-state index contributed by atoms with van der Waals surface area (Å²) in [5, 5.41) is 8.35. The molecule has 12 heteroatoms. The first kappa shape index (κ1) is 25.0. The third-order valence-corrected chi connectivity index (χ3v) is 6.31. The van der Waals surface area contributed by atoms with Gasteiger partial charge in [-0.2, -0.15) is 18.3 Å². The van der Waals surface area contributed by atoms with E-state index in [0.29, 0.717) is 25.3 Å². The molecule has 4 rings (SSSR count). The maximum absolute atomic E-state index is 13.4. The molecule has 1 atom stereocenters. The van der Waals surface area contributed by atoms with Crippen molar-refractivity contribution in [2.24, 2.45) is 0 Å². The van der Waals surface area contributed by atoms with Gasteiger partial charge in [0.25, 0.3) is 5.56 Å². The zero-order valence-electron chi connectivity index (χ0n) is 19.1. The zero-order valence-corrected chi connectivity index (χ0v) is 19.1. The number of carbonyl (C=O) groups excluding carboxylic acids is 1. The Bertz CT molecular complexity index is 1040. The molecule has 1 amide bonds. The molecule has 2 aromatic rings. The topological polar surface area (TPSA) is 109 Å². The molecule has 35 heavy (non-hydrogen) atoms. The number of pyridine rings is 1. The summed E-state index contributed by atoms with van der Waals surface area (Å²) in [5.74, 6) is 0.324. The first-order chi connectivity index (χ1) is 16.8. The molecule has 190 valence electrons. The van der Waals surface area contributed by atoms with Gasteiger partial charge in [-0.25, -0.2) is 10.1 Å². The predicted octanol–water partition coefficient (Wildman–Crippen LogP) is 2.68. The number of alkyl halides is 3. The van der Waals surface area contributed by atoms with Crippen LogP contribution in [0.4, 0.5) is 18.9 Å². The first-order valence-corrected chi connectivity index (χ1v) is 11.7. The molecule has 0 unspecified atom stereocenters. The van der Waals surface area contributed by atoms with E-state index in [1.54, 1.807) is 6.20 Å². The highest BCUT2D eigenvalue weighted by atomic mass is 19.4. The second-order valence-electron chi connectivity index (χ2n) is 8.79. The van der Waals surface area contributed by atoms with Crippen LogP contribution in [0.15, 0.2) is 35.4 Å². The Hall–Kier alpha value is -3.15. The second kappa shape index (κ2) is 11.1. The summed E-state index contributed by atoms with van der Waals surface area (Å²) in [7, 11) is 0. The summed E-state index contributed by atoms with van der Waals surface area (Å²) in [6, 6.07) is 5.14. The Kier molecular flexibility index (Phi) is 7.89. The Morgan fingerprint density at radius 3 is 2.71 bits per heavy atom. The minimum Gasteiger partial charge on any atom is -0.474 e. The average Bonchev–Trinajstić information content (AvgIpc) is 3.28. The number of ether oxygens (including phenoxy) is 2. The fraction of sp³-hybridized carbons (Fsp3) is 0.565. The zero-order chi connectivity index (χ0) is 24.8. The van der Waals surface area contributed by atoms with Gasteiger partial charge in [0.2, 0.25) is 11.8 Å². The smallest absolute Gasteiger partial charge is 0.423 e. The molecular weight excluding hydrogens is 467 g/mol. The lowest BCUT2D eigenvalue weighted by molar-refractivity contribution is -0.138. The number of amides is 1. The molecule has 2 aliphatic rings. The fourth-order valence-corrected chi connectivity index (χ4v) is 4.68. The molecule has 1 saturated carbocycles. The van der Waals surface area contributed by atoms with Gasteiger partial charge in [0, 0.05) is 24.8 Å². The number of nitrogens with zero attached hydrogens (tertiary/aromatic N) is 3. The average molecular weight is 496 g/mol. The van der Waals surface area contributed by atoms with Gasteiger partial charge in [-0.05, 0) is 44.6 Å². The predicted molar refractivity (Wildman–Crippen MR) is 120 cm³/mol. The highest BCUT2D eigenvalue weighted by Crippen LogP contribution is 2.36. The van der Waals surface area contributed by atoms with Crippen molar-refractivity contribution >= 4 is 11.6 Å². The summed E-state index contributed by atoms with van der Waals surface area (Å²) >= 11 is 0. The van der Waals surface area contributed by atoms with E-state index in [0.717, 1.165) is 31.9 Å². The maximum Gasteiger partial charge on any atom is 0.423 e. The lowest BCUT2D eigenvalue weighted by Crippen LogP contribution is -2.42. The van der Waals surface area contributed by atoms with Crippen molar-refractivity contribution in [3.63, 3.8) is 0 Å². The van der Waals surface area contributed by atoms with Gasteiger partial charge in [-0.15, -0.1) is 0 Å². The van der Waals surface area contributed by atoms with Gasteiger partial charge < -0.3 is 19.7 Å². The fourth-order valence-electron chi connectivity index (χ4n) is 4.68. The molecule has 2 N–H and O–H groups in total. The molecule has 3 heterocycles. The molecule has 1 aliphatic carbocycles. The van der Waals surface area contributed by atoms with E-state index in [1.807, 2.05) is 23.3 Å². The second-order valence-corrected chi connectivity index (χ2v) is 8.79. The van der Waals surface area contributed by atoms with Crippen molar-refractivity contribution < 1.29 is 27.4 Å². The van der Waals surface area contributed by atoms with Gasteiger partial charge in [-0.3, -0.25) is 9.59 Å². The number of rotatable bonds is 8. The van der Waals surface area contributed by atoms with E-state index in [1.165, 1.54) is 4.90 Å². The molecule has 0 radical (unpaired) electrons. The number of halogens is 3. The SMILES string of the molecule is O=C(COC[C@@H]1CCCN1c1cn[nH]c(=O)c1C(F)(F)F)NC1CCC(Oc2ccccn2)CC1. The molecule has 1 aliphatic heterocycles. The number of H-pyrrole nitrogens is 1. The van der Waals surface area contributed by atoms with Crippen LogP contribution in [-0.4, -0.2) is 59.0 Å². The molecule has 0 bridgehead atoms. The molecule has 2 aromatic heterocycles. The van der Waals surface area contributed by atoms with Crippen LogP contribution < -0.4 is 20.5 Å². The maximum atomic E-state index is 13.4. The number of hydrogen-bond donors (Lipinski definition) is 2. The number of aromatic nitrogens is 3. The van der Waals surface area contributed by atoms with Crippen LogP contribution in [-0.2, 0) is 15.7 Å². The van der Waals surface area contributed by atoms with Gasteiger partial charge in [0.1, 0.15) is 18.3 Å². The van der Waals surface area contributed by atoms with Crippen LogP contribution in [0.5, 0.6) is 5.88 Å². The third kappa shape index (κ3) is 6.50. The van der Waals surface area contributed by atoms with Crippen molar-refractivity contribution in [2.45, 2.75) is 62.9 Å². The Labute approximate surface area is 200 Å². The van der Waals surface area contributed by atoms with E-state index in [9.17, 15) is 22.8 Å². The minimum atomic E-state index is -4.80. The summed E-state index contributed by atoms with van der Waals surface area (Å²) in [5.41, 5.74) is -2.80. The Morgan fingerprint density at radius 2 is 2.00 bits per heavy atom. The molecule has 1 saturated heterocycles. The van der Waals surface area contributed by atoms with Crippen molar-refractivity contribution in [3.8, 4) is 5.88 Å². The van der Waals surface area contributed by atoms with Crippen LogP contribution in [0.25, 0.3) is 0 Å². The normalized spacial score (nSPS) is 22.7. The standard InChI is InChI=1S/C23H28F3N5O4/c24-23(25,26)21-18(12-28-30-22(21)33)31-11-3-4-16(31)13-34-14-19(32)29-15-6-8-17(9-7-15)35-20-5-1-2-10-27-20/h1-2,5,10,12,15-17H,3-4,6-9,11,13-14H2,(H,29,32)(H,30,33)/t15?,16-,17?/m0/s1. The van der Waals surface area contributed by atoms with Gasteiger partial charge in [0.05, 0.1) is 24.5 Å². The minimum absolute atomic E-state index is 0.0223. The van der Waals surface area contributed by atoms with Crippen LogP contribution in [0.1, 0.15) is 44.1 Å². The first-order valence-electron chi connectivity index (χ1n) is 11.7. The summed E-state index contributed by atoms with van der Waals surface area (Å²) in [6.45, 7) is 0.231. The summed E-state index contributed by atoms with van der Waals surface area (Å²) in [6.07, 6.45) is 2.33. The lowest BCUT2D eigenvalue weighted by atomic mass is 9.93. The number of anilines is 1. The van der Waals surface area contributed by atoms with Crippen molar-refractivity contribution in [2.75, 3.05) is 24.7 Å². The van der Waals surface area contributed by atoms with E-state index < -0.39 is 17.3 Å². The van der Waals surface area contributed by atoms with Crippen molar-refractivity contribution in [1.29, 1.82) is 0 Å². The van der Waals surface area contributed by atoms with Crippen LogP contribution in [0.3, 0.4) is 0 Å². The van der Waals surface area contributed by atoms with Crippen LogP contribution in [0.2, 0.25) is 0 Å². The van der Waals surface area contributed by atoms with E-state index >= 15 is 0 Å². The number of carbonyl (C=O) groups is 1. The van der Waals surface area contributed by atoms with E-state index in [4.69, 9.17) is 9.47 Å². The molecular formula is C23H28F3N5O4. The molecule has 2 fully saturated rings. The van der Waals surface area contributed by atoms with E-state index in [2.05, 4.69) is 15.4 Å². The molecule has 0 aromatic carbocycles. The highest BCUT2D eigenvalue weighted by Gasteiger charge is 2.40. The third-order valence-electron chi connectivity index (χ3n) is 6.31. The van der Waals surface area contributed by atoms with Crippen molar-refractivity contribution in [3.05, 3.63) is 46.5 Å². The quantitative estimate of drug-likeness (QED) is 0.580. The van der Waals surface area contributed by atoms with Gasteiger partial charge >= 0.3 is 6.18 Å². The lowest BCUT2D eigenvalue weighted by Gasteiger charge is -2.29. The highest BCUT2D eigenvalue weighted by molar-refractivity contribution is 5.77. The van der Waals surface area contributed by atoms with Gasteiger partial charge in [0.15, 0.2) is 0 Å². The summed E-state index contributed by atoms with van der Waals surface area (Å²) in [4.78, 5) is 29.8. The molecule has 9 nitrogen and oxygen atoms in total. The van der Waals surface area contributed by atoms with Crippen molar-refractivity contribution in [1.82, 2.24) is 20.5 Å². The number of nitrogens with one attached hydrogen (secondary N) is 2. The molecule has 0 spiro atoms. The van der Waals surface area contributed by atoms with Crippen LogP contribution in [0, 0.1) is 0 Å². The van der Waals surface area contributed by atoms with Gasteiger partial charge in [-0.1, -0.05) is 6.07 Å². The van der Waals surface area contributed by atoms with E-state index in [-0.39, 0.29) is 43.0 Å². The largest absolute Gasteiger partial charge is 0.474 e. The number of aromatic amines is 1. The van der Waals surface area contributed by atoms with Crippen LogP contribution >= 0.6 is 0 Å². The Balaban J connectivity index is 1.22. The Morgan fingerprint density at radius 1 is 1.20 bits per heavy atom. The monoisotopic (exact) mass is 495 g/mol.